The van der Waals surface area contributed by atoms with Crippen molar-refractivity contribution in [1.82, 2.24) is 20.4 Å². The molecule has 2 heterocycles. The third-order valence-corrected chi connectivity index (χ3v) is 4.69. The number of nitrogens with zero attached hydrogens (tertiary/aromatic N) is 4. The predicted molar refractivity (Wildman–Crippen MR) is 84.5 cm³/mol. The van der Waals surface area contributed by atoms with Gasteiger partial charge in [0, 0.05) is 15.1 Å². The van der Waals surface area contributed by atoms with Crippen molar-refractivity contribution in [1.29, 1.82) is 5.26 Å². The molecule has 3 rings (SSSR count). The van der Waals surface area contributed by atoms with E-state index >= 15 is 0 Å². The van der Waals surface area contributed by atoms with E-state index in [1.165, 1.54) is 0 Å². The average molecular weight is 361 g/mol. The molecule has 0 aliphatic rings. The van der Waals surface area contributed by atoms with Crippen LogP contribution < -0.4 is 5.73 Å². The molecule has 0 saturated heterocycles. The fourth-order valence-electron chi connectivity index (χ4n) is 1.90. The zero-order valence-electron chi connectivity index (χ0n) is 10.7. The second kappa shape index (κ2) is 5.71. The maximum atomic E-state index is 9.19. The van der Waals surface area contributed by atoms with Gasteiger partial charge in [0.2, 0.25) is 5.65 Å². The highest BCUT2D eigenvalue weighted by Gasteiger charge is 2.12. The molecule has 6 nitrogen and oxygen atoms in total. The first-order valence-electron chi connectivity index (χ1n) is 5.96. The summed E-state index contributed by atoms with van der Waals surface area (Å²) in [6.45, 7) is 0. The molecule has 8 heteroatoms. The van der Waals surface area contributed by atoms with Crippen molar-refractivity contribution < 1.29 is 0 Å². The van der Waals surface area contributed by atoms with E-state index in [9.17, 15) is 5.26 Å². The van der Waals surface area contributed by atoms with Crippen molar-refractivity contribution in [3.8, 4) is 6.07 Å². The number of fused-ring (bicyclic) bond motifs is 1. The summed E-state index contributed by atoms with van der Waals surface area (Å²) in [5, 5.41) is 19.8. The Morgan fingerprint density at radius 1 is 1.38 bits per heavy atom. The Morgan fingerprint density at radius 3 is 3.05 bits per heavy atom. The lowest BCUT2D eigenvalue weighted by Crippen LogP contribution is -1.93. The molecule has 0 spiro atoms. The second-order valence-electron chi connectivity index (χ2n) is 4.21. The van der Waals surface area contributed by atoms with Gasteiger partial charge >= 0.3 is 0 Å². The van der Waals surface area contributed by atoms with Crippen molar-refractivity contribution >= 4 is 44.7 Å². The molecule has 0 unspecified atom stereocenters. The van der Waals surface area contributed by atoms with Gasteiger partial charge < -0.3 is 5.73 Å². The first-order chi connectivity index (χ1) is 10.2. The first-order valence-corrected chi connectivity index (χ1v) is 7.74. The number of pyridine rings is 1. The van der Waals surface area contributed by atoms with Crippen LogP contribution >= 0.6 is 27.7 Å². The lowest BCUT2D eigenvalue weighted by atomic mass is 10.1. The first kappa shape index (κ1) is 13.9. The van der Waals surface area contributed by atoms with E-state index in [1.807, 2.05) is 12.1 Å². The summed E-state index contributed by atoms with van der Waals surface area (Å²) in [5.41, 5.74) is 8.53. The fraction of sp³-hybridized carbons (Fsp3) is 0.0769. The van der Waals surface area contributed by atoms with E-state index in [1.54, 1.807) is 23.9 Å². The summed E-state index contributed by atoms with van der Waals surface area (Å²) in [6.07, 6.45) is 0. The minimum Gasteiger partial charge on any atom is -0.384 e. The zero-order chi connectivity index (χ0) is 14.8. The molecular weight excluding hydrogens is 352 g/mol. The van der Waals surface area contributed by atoms with E-state index in [2.05, 4.69) is 42.4 Å². The number of aromatic nitrogens is 4. The minimum absolute atomic E-state index is 0.395. The largest absolute Gasteiger partial charge is 0.384 e. The van der Waals surface area contributed by atoms with Gasteiger partial charge in [-0.25, -0.2) is 4.98 Å². The van der Waals surface area contributed by atoms with Crippen LogP contribution in [0.3, 0.4) is 0 Å². The molecule has 3 aromatic rings. The van der Waals surface area contributed by atoms with Gasteiger partial charge in [-0.05, 0) is 23.8 Å². The number of nitriles is 1. The van der Waals surface area contributed by atoms with Crippen molar-refractivity contribution in [2.24, 2.45) is 0 Å². The smallest absolute Gasteiger partial charge is 0.204 e. The Balaban J connectivity index is 1.94. The number of halogens is 1. The molecule has 0 amide bonds. The van der Waals surface area contributed by atoms with E-state index < -0.39 is 0 Å². The van der Waals surface area contributed by atoms with Crippen molar-refractivity contribution in [2.75, 3.05) is 5.73 Å². The number of nitrogens with one attached hydrogen (secondary N) is 1. The molecule has 0 aliphatic heterocycles. The number of H-pyrrole nitrogens is 1. The highest BCUT2D eigenvalue weighted by molar-refractivity contribution is 9.10. The Bertz CT molecular complexity index is 853. The van der Waals surface area contributed by atoms with Gasteiger partial charge in [0.05, 0.1) is 11.6 Å². The van der Waals surface area contributed by atoms with Crippen molar-refractivity contribution in [2.45, 2.75) is 10.6 Å². The quantitative estimate of drug-likeness (QED) is 0.695. The molecule has 2 aromatic heterocycles. The summed E-state index contributed by atoms with van der Waals surface area (Å²) in [5.74, 6) is 1.02. The van der Waals surface area contributed by atoms with Gasteiger partial charge in [-0.15, -0.1) is 16.9 Å². The van der Waals surface area contributed by atoms with Gasteiger partial charge in [-0.2, -0.15) is 15.6 Å². The third-order valence-electron chi connectivity index (χ3n) is 2.89. The van der Waals surface area contributed by atoms with Gasteiger partial charge in [0.15, 0.2) is 0 Å². The van der Waals surface area contributed by atoms with Crippen molar-refractivity contribution in [3.05, 3.63) is 39.9 Å². The Hall–Kier alpha value is -2.11. The number of hydrogen-bond donors (Lipinski definition) is 2. The average Bonchev–Trinajstić information content (AvgIpc) is 2.93. The summed E-state index contributed by atoms with van der Waals surface area (Å²) in [4.78, 5) is 4.98. The number of nitrogen functional groups attached to an aromatic ring is 1. The standard InChI is InChI=1S/C13H9BrN6S/c14-9-3-1-2-7(5-15)8(9)6-21-10-4-11(16)17-13-12(10)18-20-19-13/h1-4H,6H2,(H3,16,17,18,19,20). The highest BCUT2D eigenvalue weighted by atomic mass is 79.9. The minimum atomic E-state index is 0.395. The molecular formula is C13H9BrN6S. The number of benzene rings is 1. The third kappa shape index (κ3) is 2.70. The van der Waals surface area contributed by atoms with Crippen LogP contribution in [0.5, 0.6) is 0 Å². The Morgan fingerprint density at radius 2 is 2.24 bits per heavy atom. The fourth-order valence-corrected chi connectivity index (χ4v) is 3.68. The molecule has 104 valence electrons. The van der Waals surface area contributed by atoms with Crippen LogP contribution in [0.2, 0.25) is 0 Å². The molecule has 0 bridgehead atoms. The van der Waals surface area contributed by atoms with E-state index in [0.717, 1.165) is 14.9 Å². The number of anilines is 1. The number of thioether (sulfide) groups is 1. The zero-order valence-corrected chi connectivity index (χ0v) is 13.1. The van der Waals surface area contributed by atoms with Crippen LogP contribution in [0.1, 0.15) is 11.1 Å². The summed E-state index contributed by atoms with van der Waals surface area (Å²) in [7, 11) is 0. The van der Waals surface area contributed by atoms with Crippen molar-refractivity contribution in [3.63, 3.8) is 0 Å². The molecule has 3 N–H and O–H groups in total. The highest BCUT2D eigenvalue weighted by Crippen LogP contribution is 2.32. The van der Waals surface area contributed by atoms with E-state index in [4.69, 9.17) is 5.73 Å². The van der Waals surface area contributed by atoms with Gasteiger partial charge in [0.1, 0.15) is 11.3 Å². The van der Waals surface area contributed by atoms with Crippen LogP contribution in [-0.4, -0.2) is 20.4 Å². The Labute approximate surface area is 132 Å². The van der Waals surface area contributed by atoms with Crippen LogP contribution in [0.25, 0.3) is 11.2 Å². The normalized spacial score (nSPS) is 10.7. The van der Waals surface area contributed by atoms with Gasteiger partial charge in [0.25, 0.3) is 0 Å². The molecule has 0 aliphatic carbocycles. The molecule has 0 radical (unpaired) electrons. The molecule has 0 atom stereocenters. The number of nitrogens with two attached hydrogens (primary N) is 1. The van der Waals surface area contributed by atoms with Gasteiger partial charge in [-0.3, -0.25) is 0 Å². The molecule has 21 heavy (non-hydrogen) atoms. The number of aromatic amines is 1. The van der Waals surface area contributed by atoms with E-state index in [-0.39, 0.29) is 0 Å². The predicted octanol–water partition coefficient (Wildman–Crippen LogP) is 2.86. The second-order valence-corrected chi connectivity index (χ2v) is 6.08. The topological polar surface area (TPSA) is 104 Å². The monoisotopic (exact) mass is 360 g/mol. The van der Waals surface area contributed by atoms with Crippen LogP contribution in [0, 0.1) is 11.3 Å². The maximum Gasteiger partial charge on any atom is 0.204 e. The SMILES string of the molecule is N#Cc1cccc(Br)c1CSc1cc(N)nc2n[nH]nc12. The van der Waals surface area contributed by atoms with Crippen LogP contribution in [0.4, 0.5) is 5.82 Å². The van der Waals surface area contributed by atoms with E-state index in [0.29, 0.717) is 28.3 Å². The Kier molecular flexibility index (Phi) is 3.77. The van der Waals surface area contributed by atoms with Crippen LogP contribution in [-0.2, 0) is 5.75 Å². The molecule has 0 fully saturated rings. The number of hydrogen-bond acceptors (Lipinski definition) is 6. The molecule has 0 saturated carbocycles. The summed E-state index contributed by atoms with van der Waals surface area (Å²) < 4.78 is 0.910. The summed E-state index contributed by atoms with van der Waals surface area (Å²) >= 11 is 5.02. The van der Waals surface area contributed by atoms with Gasteiger partial charge in [-0.1, -0.05) is 22.0 Å². The summed E-state index contributed by atoms with van der Waals surface area (Å²) in [6, 6.07) is 9.53. The number of rotatable bonds is 3. The van der Waals surface area contributed by atoms with Crippen LogP contribution in [0.15, 0.2) is 33.6 Å². The molecule has 1 aromatic carbocycles. The lowest BCUT2D eigenvalue weighted by molar-refractivity contribution is 0.953. The maximum absolute atomic E-state index is 9.19. The lowest BCUT2D eigenvalue weighted by Gasteiger charge is -2.07.